The van der Waals surface area contributed by atoms with Gasteiger partial charge in [0, 0.05) is 23.4 Å². The molecule has 0 bridgehead atoms. The van der Waals surface area contributed by atoms with Crippen LogP contribution < -0.4 is 5.73 Å². The third kappa shape index (κ3) is 2.50. The van der Waals surface area contributed by atoms with Crippen LogP contribution in [0.1, 0.15) is 26.2 Å². The van der Waals surface area contributed by atoms with Crippen LogP contribution in [0.25, 0.3) is 0 Å². The lowest BCUT2D eigenvalue weighted by molar-refractivity contribution is 0.0461. The molecule has 2 heterocycles. The normalized spacial score (nSPS) is 36.9. The van der Waals surface area contributed by atoms with Gasteiger partial charge in [0.25, 0.3) is 0 Å². The Morgan fingerprint density at radius 1 is 1.41 bits per heavy atom. The highest BCUT2D eigenvalue weighted by atomic mass is 32.2. The topological polar surface area (TPSA) is 32.5 Å². The van der Waals surface area contributed by atoms with Crippen molar-refractivity contribution in [3.05, 3.63) is 0 Å². The number of nitrogens with zero attached hydrogens (tertiary/aromatic N) is 2. The Hall–Kier alpha value is 0.230. The summed E-state index contributed by atoms with van der Waals surface area (Å²) in [4.78, 5) is 5.07. The van der Waals surface area contributed by atoms with Crippen LogP contribution in [0.3, 0.4) is 0 Å². The molecule has 0 spiro atoms. The summed E-state index contributed by atoms with van der Waals surface area (Å²) in [5, 5.41) is 0.678. The molecule has 4 heteroatoms. The molecule has 0 aromatic heterocycles. The summed E-state index contributed by atoms with van der Waals surface area (Å²) in [5.41, 5.74) is 6.38. The molecule has 2 N–H and O–H groups in total. The van der Waals surface area contributed by atoms with E-state index in [0.717, 1.165) is 12.6 Å². The van der Waals surface area contributed by atoms with E-state index in [9.17, 15) is 0 Å². The minimum absolute atomic E-state index is 0.255. The molecule has 0 radical (unpaired) electrons. The third-order valence-corrected chi connectivity index (χ3v) is 6.33. The van der Waals surface area contributed by atoms with E-state index in [0.29, 0.717) is 5.25 Å². The van der Waals surface area contributed by atoms with Crippen LogP contribution in [0, 0.1) is 0 Å². The third-order valence-electron chi connectivity index (χ3n) is 4.95. The van der Waals surface area contributed by atoms with Crippen LogP contribution in [0.15, 0.2) is 0 Å². The molecule has 0 amide bonds. The van der Waals surface area contributed by atoms with Gasteiger partial charge in [0.15, 0.2) is 0 Å². The van der Waals surface area contributed by atoms with Gasteiger partial charge in [0.05, 0.1) is 0 Å². The summed E-state index contributed by atoms with van der Waals surface area (Å²) < 4.78 is 0. The molecular formula is C13H27N3S. The molecule has 0 aromatic carbocycles. The molecule has 2 rings (SSSR count). The van der Waals surface area contributed by atoms with Gasteiger partial charge in [-0.25, -0.2) is 0 Å². The molecule has 2 unspecified atom stereocenters. The maximum atomic E-state index is 6.13. The van der Waals surface area contributed by atoms with Crippen molar-refractivity contribution >= 4 is 11.8 Å². The summed E-state index contributed by atoms with van der Waals surface area (Å²) in [6.45, 7) is 5.63. The Labute approximate surface area is 110 Å². The lowest BCUT2D eigenvalue weighted by Gasteiger charge is -2.47. The molecule has 2 aliphatic heterocycles. The first-order valence-electron chi connectivity index (χ1n) is 6.83. The second-order valence-corrected chi connectivity index (χ2v) is 7.16. The molecule has 2 fully saturated rings. The van der Waals surface area contributed by atoms with Crippen molar-refractivity contribution in [2.24, 2.45) is 5.73 Å². The highest BCUT2D eigenvalue weighted by Gasteiger charge is 2.45. The molecule has 2 saturated heterocycles. The SMILES string of the molecule is CC1SCCC1(CN)N(C)C1CCN(C)CC1. The molecule has 2 atom stereocenters. The van der Waals surface area contributed by atoms with Gasteiger partial charge in [-0.05, 0) is 52.2 Å². The maximum absolute atomic E-state index is 6.13. The fourth-order valence-electron chi connectivity index (χ4n) is 3.39. The number of nitrogens with two attached hydrogens (primary N) is 1. The second kappa shape index (κ2) is 5.47. The summed E-state index contributed by atoms with van der Waals surface area (Å²) in [5.74, 6) is 1.27. The van der Waals surface area contributed by atoms with E-state index < -0.39 is 0 Å². The fraction of sp³-hybridized carbons (Fsp3) is 1.00. The van der Waals surface area contributed by atoms with Gasteiger partial charge in [0.1, 0.15) is 0 Å². The summed E-state index contributed by atoms with van der Waals surface area (Å²) >= 11 is 2.09. The van der Waals surface area contributed by atoms with Crippen LogP contribution in [0.5, 0.6) is 0 Å². The first kappa shape index (κ1) is 13.7. The van der Waals surface area contributed by atoms with E-state index >= 15 is 0 Å². The first-order valence-corrected chi connectivity index (χ1v) is 7.88. The van der Waals surface area contributed by atoms with Gasteiger partial charge in [-0.3, -0.25) is 4.90 Å². The Morgan fingerprint density at radius 3 is 2.53 bits per heavy atom. The van der Waals surface area contributed by atoms with Crippen molar-refractivity contribution in [1.82, 2.24) is 9.80 Å². The zero-order chi connectivity index (χ0) is 12.5. The Kier molecular flexibility index (Phi) is 4.40. The second-order valence-electron chi connectivity index (χ2n) is 5.72. The molecule has 0 aromatic rings. The molecule has 100 valence electrons. The molecule has 0 saturated carbocycles. The van der Waals surface area contributed by atoms with Gasteiger partial charge >= 0.3 is 0 Å². The standard InChI is InChI=1S/C13H27N3S/c1-11-13(10-14,6-9-17-11)16(3)12-4-7-15(2)8-5-12/h11-12H,4-10,14H2,1-3H3. The van der Waals surface area contributed by atoms with E-state index in [4.69, 9.17) is 5.73 Å². The van der Waals surface area contributed by atoms with E-state index in [2.05, 4.69) is 42.6 Å². The van der Waals surface area contributed by atoms with Gasteiger partial charge in [-0.2, -0.15) is 11.8 Å². The Balaban J connectivity index is 2.04. The summed E-state index contributed by atoms with van der Waals surface area (Å²) in [6, 6.07) is 0.732. The Bertz CT molecular complexity index is 253. The van der Waals surface area contributed by atoms with Crippen molar-refractivity contribution in [1.29, 1.82) is 0 Å². The van der Waals surface area contributed by atoms with Crippen LogP contribution in [-0.2, 0) is 0 Å². The number of likely N-dealkylation sites (tertiary alicyclic amines) is 1. The number of hydrogen-bond acceptors (Lipinski definition) is 4. The lowest BCUT2D eigenvalue weighted by atomic mass is 9.87. The molecule has 2 aliphatic rings. The zero-order valence-corrected chi connectivity index (χ0v) is 12.3. The van der Waals surface area contributed by atoms with Crippen molar-refractivity contribution in [3.63, 3.8) is 0 Å². The predicted octanol–water partition coefficient (Wildman–Crippen LogP) is 1.24. The van der Waals surface area contributed by atoms with Crippen molar-refractivity contribution in [2.75, 3.05) is 39.5 Å². The monoisotopic (exact) mass is 257 g/mol. The van der Waals surface area contributed by atoms with Crippen LogP contribution >= 0.6 is 11.8 Å². The van der Waals surface area contributed by atoms with Gasteiger partial charge in [-0.15, -0.1) is 0 Å². The minimum Gasteiger partial charge on any atom is -0.329 e. The van der Waals surface area contributed by atoms with E-state index in [-0.39, 0.29) is 5.54 Å². The largest absolute Gasteiger partial charge is 0.329 e. The average Bonchev–Trinajstić information content (AvgIpc) is 2.71. The van der Waals surface area contributed by atoms with Crippen molar-refractivity contribution in [3.8, 4) is 0 Å². The molecule has 3 nitrogen and oxygen atoms in total. The first-order chi connectivity index (χ1) is 8.10. The number of likely N-dealkylation sites (N-methyl/N-ethyl adjacent to an activating group) is 1. The molecule has 17 heavy (non-hydrogen) atoms. The molecular weight excluding hydrogens is 230 g/mol. The van der Waals surface area contributed by atoms with Crippen LogP contribution in [0.2, 0.25) is 0 Å². The van der Waals surface area contributed by atoms with Gasteiger partial charge in [-0.1, -0.05) is 6.92 Å². The van der Waals surface area contributed by atoms with Gasteiger partial charge < -0.3 is 10.6 Å². The highest BCUT2D eigenvalue weighted by molar-refractivity contribution is 8.00. The number of hydrogen-bond donors (Lipinski definition) is 1. The average molecular weight is 257 g/mol. The highest BCUT2D eigenvalue weighted by Crippen LogP contribution is 2.40. The molecule has 0 aliphatic carbocycles. The van der Waals surface area contributed by atoms with E-state index in [1.807, 2.05) is 0 Å². The Morgan fingerprint density at radius 2 is 2.06 bits per heavy atom. The van der Waals surface area contributed by atoms with Crippen LogP contribution in [0.4, 0.5) is 0 Å². The van der Waals surface area contributed by atoms with Crippen molar-refractivity contribution in [2.45, 2.75) is 43.0 Å². The van der Waals surface area contributed by atoms with E-state index in [1.54, 1.807) is 0 Å². The van der Waals surface area contributed by atoms with Crippen LogP contribution in [-0.4, -0.2) is 66.1 Å². The van der Waals surface area contributed by atoms with E-state index in [1.165, 1.54) is 38.1 Å². The smallest absolute Gasteiger partial charge is 0.0455 e. The fourth-order valence-corrected chi connectivity index (χ4v) is 4.91. The zero-order valence-electron chi connectivity index (χ0n) is 11.5. The summed E-state index contributed by atoms with van der Waals surface area (Å²) in [6.07, 6.45) is 3.86. The van der Waals surface area contributed by atoms with Gasteiger partial charge in [0.2, 0.25) is 0 Å². The summed E-state index contributed by atoms with van der Waals surface area (Å²) in [7, 11) is 4.54. The number of thioether (sulfide) groups is 1. The van der Waals surface area contributed by atoms with Crippen molar-refractivity contribution < 1.29 is 0 Å². The maximum Gasteiger partial charge on any atom is 0.0455 e. The quantitative estimate of drug-likeness (QED) is 0.824. The predicted molar refractivity (Wildman–Crippen MR) is 76.6 cm³/mol. The minimum atomic E-state index is 0.255. The number of piperidine rings is 1. The lowest BCUT2D eigenvalue weighted by Crippen LogP contribution is -2.60. The number of rotatable bonds is 3.